The summed E-state index contributed by atoms with van der Waals surface area (Å²) in [5.41, 5.74) is 0.431. The van der Waals surface area contributed by atoms with E-state index in [0.29, 0.717) is 22.5 Å². The smallest absolute Gasteiger partial charge is 0.261 e. The highest BCUT2D eigenvalue weighted by Crippen LogP contribution is 2.21. The Morgan fingerprint density at radius 1 is 1.29 bits per heavy atom. The van der Waals surface area contributed by atoms with Gasteiger partial charge < -0.3 is 4.74 Å². The van der Waals surface area contributed by atoms with Crippen molar-refractivity contribution >= 4 is 10.9 Å². The molecule has 21 heavy (non-hydrogen) atoms. The van der Waals surface area contributed by atoms with E-state index in [1.807, 2.05) is 6.92 Å². The van der Waals surface area contributed by atoms with Crippen molar-refractivity contribution in [2.24, 2.45) is 7.05 Å². The SMILES string of the molecule is COc1cccc2c(=O)n([C@@H](C)c3ncnn3C)cnc12. The maximum absolute atomic E-state index is 12.7. The van der Waals surface area contributed by atoms with Crippen molar-refractivity contribution in [3.05, 3.63) is 47.0 Å². The lowest BCUT2D eigenvalue weighted by Crippen LogP contribution is -2.26. The van der Waals surface area contributed by atoms with E-state index in [9.17, 15) is 4.79 Å². The van der Waals surface area contributed by atoms with E-state index in [1.54, 1.807) is 41.6 Å². The quantitative estimate of drug-likeness (QED) is 0.721. The summed E-state index contributed by atoms with van der Waals surface area (Å²) >= 11 is 0. The monoisotopic (exact) mass is 285 g/mol. The third kappa shape index (κ3) is 2.06. The molecule has 2 aromatic heterocycles. The van der Waals surface area contributed by atoms with Crippen LogP contribution in [0.5, 0.6) is 5.75 Å². The van der Waals surface area contributed by atoms with E-state index < -0.39 is 0 Å². The minimum atomic E-state index is -0.256. The summed E-state index contributed by atoms with van der Waals surface area (Å²) in [5, 5.41) is 4.55. The van der Waals surface area contributed by atoms with E-state index in [4.69, 9.17) is 4.74 Å². The minimum Gasteiger partial charge on any atom is -0.494 e. The number of hydrogen-bond acceptors (Lipinski definition) is 5. The fourth-order valence-corrected chi connectivity index (χ4v) is 2.39. The summed E-state index contributed by atoms with van der Waals surface area (Å²) in [6.45, 7) is 1.89. The van der Waals surface area contributed by atoms with Gasteiger partial charge in [0.15, 0.2) is 0 Å². The van der Waals surface area contributed by atoms with Crippen molar-refractivity contribution < 1.29 is 4.74 Å². The molecule has 0 radical (unpaired) electrons. The Balaban J connectivity index is 2.20. The molecular formula is C14H15N5O2. The number of para-hydroxylation sites is 1. The molecule has 108 valence electrons. The number of hydrogen-bond donors (Lipinski definition) is 0. The van der Waals surface area contributed by atoms with Crippen molar-refractivity contribution in [3.63, 3.8) is 0 Å². The highest BCUT2D eigenvalue weighted by molar-refractivity contribution is 5.83. The molecule has 1 atom stereocenters. The van der Waals surface area contributed by atoms with Gasteiger partial charge in [0, 0.05) is 7.05 Å². The van der Waals surface area contributed by atoms with Crippen LogP contribution in [0.25, 0.3) is 10.9 Å². The van der Waals surface area contributed by atoms with Gasteiger partial charge in [-0.1, -0.05) is 6.07 Å². The topological polar surface area (TPSA) is 74.8 Å². The largest absolute Gasteiger partial charge is 0.494 e. The summed E-state index contributed by atoms with van der Waals surface area (Å²) in [4.78, 5) is 21.2. The lowest BCUT2D eigenvalue weighted by molar-refractivity contribution is 0.418. The fraction of sp³-hybridized carbons (Fsp3) is 0.286. The standard InChI is InChI=1S/C14H15N5O2/c1-9(13-15-7-17-18(13)2)19-8-16-12-10(14(19)20)5-4-6-11(12)21-3/h4-9H,1-3H3/t9-/m0/s1. The van der Waals surface area contributed by atoms with E-state index >= 15 is 0 Å². The fourth-order valence-electron chi connectivity index (χ4n) is 2.39. The minimum absolute atomic E-state index is 0.130. The van der Waals surface area contributed by atoms with Crippen LogP contribution >= 0.6 is 0 Å². The molecule has 0 bridgehead atoms. The molecule has 7 nitrogen and oxygen atoms in total. The normalized spacial score (nSPS) is 12.5. The number of rotatable bonds is 3. The van der Waals surface area contributed by atoms with Gasteiger partial charge in [-0.3, -0.25) is 14.0 Å². The van der Waals surface area contributed by atoms with Crippen LogP contribution in [0.4, 0.5) is 0 Å². The number of aromatic nitrogens is 5. The number of fused-ring (bicyclic) bond motifs is 1. The van der Waals surface area contributed by atoms with Crippen LogP contribution in [-0.2, 0) is 7.05 Å². The number of benzene rings is 1. The van der Waals surface area contributed by atoms with Crippen molar-refractivity contribution in [3.8, 4) is 5.75 Å². The van der Waals surface area contributed by atoms with Gasteiger partial charge in [-0.25, -0.2) is 9.97 Å². The number of ether oxygens (including phenoxy) is 1. The second kappa shape index (κ2) is 5.01. The van der Waals surface area contributed by atoms with Crippen LogP contribution in [-0.4, -0.2) is 31.4 Å². The molecule has 0 aliphatic heterocycles. The van der Waals surface area contributed by atoms with Crippen molar-refractivity contribution in [2.75, 3.05) is 7.11 Å². The van der Waals surface area contributed by atoms with Gasteiger partial charge in [-0.15, -0.1) is 0 Å². The third-order valence-electron chi connectivity index (χ3n) is 3.53. The van der Waals surface area contributed by atoms with Crippen molar-refractivity contribution in [1.29, 1.82) is 0 Å². The van der Waals surface area contributed by atoms with Gasteiger partial charge in [-0.05, 0) is 19.1 Å². The molecule has 0 saturated carbocycles. The van der Waals surface area contributed by atoms with Crippen molar-refractivity contribution in [1.82, 2.24) is 24.3 Å². The van der Waals surface area contributed by atoms with E-state index in [0.717, 1.165) is 0 Å². The Hall–Kier alpha value is -2.70. The van der Waals surface area contributed by atoms with Gasteiger partial charge in [0.2, 0.25) is 0 Å². The average Bonchev–Trinajstić information content (AvgIpc) is 2.92. The highest BCUT2D eigenvalue weighted by Gasteiger charge is 2.17. The van der Waals surface area contributed by atoms with E-state index in [1.165, 1.54) is 12.7 Å². The Morgan fingerprint density at radius 2 is 2.10 bits per heavy atom. The molecule has 0 N–H and O–H groups in total. The molecule has 0 spiro atoms. The summed E-state index contributed by atoms with van der Waals surface area (Å²) in [5.74, 6) is 1.28. The Morgan fingerprint density at radius 3 is 2.76 bits per heavy atom. The Kier molecular flexibility index (Phi) is 3.17. The Bertz CT molecular complexity index is 852. The van der Waals surface area contributed by atoms with E-state index in [-0.39, 0.29) is 11.6 Å². The Labute approximate surface area is 120 Å². The molecule has 2 heterocycles. The molecule has 0 aliphatic carbocycles. The molecule has 3 aromatic rings. The van der Waals surface area contributed by atoms with E-state index in [2.05, 4.69) is 15.1 Å². The van der Waals surface area contributed by atoms with Crippen molar-refractivity contribution in [2.45, 2.75) is 13.0 Å². The summed E-state index contributed by atoms with van der Waals surface area (Å²) in [6.07, 6.45) is 2.99. The number of methoxy groups -OCH3 is 1. The number of aryl methyl sites for hydroxylation is 1. The highest BCUT2D eigenvalue weighted by atomic mass is 16.5. The zero-order valence-electron chi connectivity index (χ0n) is 12.0. The van der Waals surface area contributed by atoms with Crippen LogP contribution in [0, 0.1) is 0 Å². The molecule has 0 amide bonds. The predicted molar refractivity (Wildman–Crippen MR) is 77.4 cm³/mol. The first kappa shape index (κ1) is 13.3. The lowest BCUT2D eigenvalue weighted by Gasteiger charge is -2.14. The summed E-state index contributed by atoms with van der Waals surface area (Å²) < 4.78 is 8.43. The molecule has 0 saturated heterocycles. The van der Waals surface area contributed by atoms with Gasteiger partial charge in [-0.2, -0.15) is 5.10 Å². The van der Waals surface area contributed by atoms with Gasteiger partial charge in [0.25, 0.3) is 5.56 Å². The van der Waals surface area contributed by atoms with Crippen LogP contribution in [0.1, 0.15) is 18.8 Å². The first-order valence-corrected chi connectivity index (χ1v) is 6.51. The van der Waals surface area contributed by atoms with Crippen LogP contribution in [0.2, 0.25) is 0 Å². The molecule has 1 aromatic carbocycles. The summed E-state index contributed by atoms with van der Waals surface area (Å²) in [6, 6.07) is 5.05. The molecule has 0 unspecified atom stereocenters. The lowest BCUT2D eigenvalue weighted by atomic mass is 10.2. The maximum atomic E-state index is 12.7. The van der Waals surface area contributed by atoms with Crippen LogP contribution in [0.3, 0.4) is 0 Å². The summed E-state index contributed by atoms with van der Waals surface area (Å²) in [7, 11) is 3.35. The van der Waals surface area contributed by atoms with Gasteiger partial charge in [0.05, 0.1) is 24.9 Å². The zero-order valence-corrected chi connectivity index (χ0v) is 12.0. The number of nitrogens with zero attached hydrogens (tertiary/aromatic N) is 5. The van der Waals surface area contributed by atoms with Crippen LogP contribution in [0.15, 0.2) is 35.6 Å². The molecule has 3 rings (SSSR count). The zero-order chi connectivity index (χ0) is 15.0. The molecule has 7 heteroatoms. The van der Waals surface area contributed by atoms with Gasteiger partial charge >= 0.3 is 0 Å². The van der Waals surface area contributed by atoms with Gasteiger partial charge in [0.1, 0.15) is 23.4 Å². The molecule has 0 fully saturated rings. The van der Waals surface area contributed by atoms with Crippen LogP contribution < -0.4 is 10.3 Å². The third-order valence-corrected chi connectivity index (χ3v) is 3.53. The molecular weight excluding hydrogens is 270 g/mol. The second-order valence-electron chi connectivity index (χ2n) is 4.73. The first-order valence-electron chi connectivity index (χ1n) is 6.51. The molecule has 0 aliphatic rings. The maximum Gasteiger partial charge on any atom is 0.261 e. The second-order valence-corrected chi connectivity index (χ2v) is 4.73. The predicted octanol–water partition coefficient (Wildman–Crippen LogP) is 1.14. The first-order chi connectivity index (χ1) is 10.1. The average molecular weight is 285 g/mol.